The monoisotopic (exact) mass is 495 g/mol. The van der Waals surface area contributed by atoms with E-state index in [0.29, 0.717) is 30.3 Å². The quantitative estimate of drug-likeness (QED) is 0.226. The van der Waals surface area contributed by atoms with Crippen LogP contribution in [0, 0.1) is 0 Å². The molecule has 0 unspecified atom stereocenters. The van der Waals surface area contributed by atoms with E-state index in [1.54, 1.807) is 17.7 Å². The molecule has 0 spiro atoms. The van der Waals surface area contributed by atoms with Crippen molar-refractivity contribution in [1.29, 1.82) is 0 Å². The predicted molar refractivity (Wildman–Crippen MR) is 137 cm³/mol. The maximum atomic E-state index is 9.15. The van der Waals surface area contributed by atoms with E-state index in [1.165, 1.54) is 10.4 Å². The van der Waals surface area contributed by atoms with Crippen LogP contribution in [-0.4, -0.2) is 38.1 Å². The number of aliphatic hydroxyl groups excluding tert-OH is 1. The highest BCUT2D eigenvalue weighted by Crippen LogP contribution is 2.45. The maximum absolute atomic E-state index is 9.15. The fourth-order valence-electron chi connectivity index (χ4n) is 4.20. The molecule has 9 heteroatoms. The number of nitrogens with zero attached hydrogens (tertiary/aromatic N) is 4. The van der Waals surface area contributed by atoms with Crippen molar-refractivity contribution >= 4 is 44.7 Å². The van der Waals surface area contributed by atoms with Gasteiger partial charge in [-0.25, -0.2) is 9.97 Å². The summed E-state index contributed by atoms with van der Waals surface area (Å²) in [6.45, 7) is 3.46. The van der Waals surface area contributed by atoms with E-state index in [4.69, 9.17) is 26.5 Å². The summed E-state index contributed by atoms with van der Waals surface area (Å²) in [5.74, 6) is 1.44. The van der Waals surface area contributed by atoms with Crippen LogP contribution in [0.2, 0.25) is 5.02 Å². The van der Waals surface area contributed by atoms with Gasteiger partial charge in [0.05, 0.1) is 22.7 Å². The second kappa shape index (κ2) is 10.1. The lowest BCUT2D eigenvalue weighted by Crippen LogP contribution is -2.04. The number of aliphatic hydroxyl groups is 1. The van der Waals surface area contributed by atoms with Gasteiger partial charge in [0.25, 0.3) is 0 Å². The Labute approximate surface area is 207 Å². The number of ether oxygens (including phenoxy) is 1. The van der Waals surface area contributed by atoms with Gasteiger partial charge >= 0.3 is 0 Å². The van der Waals surface area contributed by atoms with Crippen molar-refractivity contribution in [2.75, 3.05) is 18.5 Å². The van der Waals surface area contributed by atoms with E-state index in [9.17, 15) is 0 Å². The van der Waals surface area contributed by atoms with E-state index in [2.05, 4.69) is 27.6 Å². The minimum atomic E-state index is 0.163. The first-order chi connectivity index (χ1) is 16.7. The van der Waals surface area contributed by atoms with Gasteiger partial charge in [-0.2, -0.15) is 5.10 Å². The van der Waals surface area contributed by atoms with Crippen molar-refractivity contribution in [3.05, 3.63) is 59.2 Å². The highest BCUT2D eigenvalue weighted by molar-refractivity contribution is 7.22. The van der Waals surface area contributed by atoms with Crippen LogP contribution in [0.15, 0.2) is 42.9 Å². The Kier molecular flexibility index (Phi) is 6.80. The van der Waals surface area contributed by atoms with Crippen LogP contribution in [0.3, 0.4) is 0 Å². The third-order valence-electron chi connectivity index (χ3n) is 5.80. The van der Waals surface area contributed by atoms with E-state index < -0.39 is 0 Å². The number of halogens is 1. The Morgan fingerprint density at radius 2 is 2.21 bits per heavy atom. The molecule has 34 heavy (non-hydrogen) atoms. The van der Waals surface area contributed by atoms with Gasteiger partial charge in [0.2, 0.25) is 0 Å². The number of fused-ring (bicyclic) bond motifs is 5. The largest absolute Gasteiger partial charge is 0.492 e. The van der Waals surface area contributed by atoms with E-state index in [-0.39, 0.29) is 6.61 Å². The summed E-state index contributed by atoms with van der Waals surface area (Å²) in [4.78, 5) is 11.3. The second-order valence-electron chi connectivity index (χ2n) is 8.12. The Morgan fingerprint density at radius 3 is 3.03 bits per heavy atom. The van der Waals surface area contributed by atoms with Crippen LogP contribution < -0.4 is 10.1 Å². The van der Waals surface area contributed by atoms with Crippen molar-refractivity contribution in [2.24, 2.45) is 0 Å². The number of aromatic nitrogens is 4. The molecule has 0 radical (unpaired) electrons. The van der Waals surface area contributed by atoms with Crippen LogP contribution in [-0.2, 0) is 19.4 Å². The van der Waals surface area contributed by atoms with E-state index in [0.717, 1.165) is 52.2 Å². The molecule has 5 rings (SSSR count). The van der Waals surface area contributed by atoms with Crippen molar-refractivity contribution in [1.82, 2.24) is 19.7 Å². The van der Waals surface area contributed by atoms with Crippen molar-refractivity contribution in [2.45, 2.75) is 39.2 Å². The molecule has 0 saturated heterocycles. The van der Waals surface area contributed by atoms with Crippen molar-refractivity contribution < 1.29 is 9.84 Å². The molecule has 0 atom stereocenters. The molecular weight excluding hydrogens is 470 g/mol. The molecule has 0 fully saturated rings. The molecule has 0 bridgehead atoms. The number of thiophene rings is 1. The molecular formula is C25H26ClN5O2S. The zero-order valence-electron chi connectivity index (χ0n) is 18.9. The molecule has 0 amide bonds. The van der Waals surface area contributed by atoms with Gasteiger partial charge in [0, 0.05) is 35.5 Å². The van der Waals surface area contributed by atoms with Crippen LogP contribution in [0.5, 0.6) is 5.75 Å². The van der Waals surface area contributed by atoms with Gasteiger partial charge in [-0.05, 0) is 56.4 Å². The zero-order valence-corrected chi connectivity index (χ0v) is 20.5. The van der Waals surface area contributed by atoms with Crippen molar-refractivity contribution in [3.63, 3.8) is 0 Å². The number of hydrogen-bond donors (Lipinski definition) is 2. The van der Waals surface area contributed by atoms with Gasteiger partial charge < -0.3 is 15.2 Å². The highest BCUT2D eigenvalue weighted by atomic mass is 35.5. The topological polar surface area (TPSA) is 85.1 Å². The Morgan fingerprint density at radius 1 is 1.29 bits per heavy atom. The smallest absolute Gasteiger partial charge is 0.142 e. The summed E-state index contributed by atoms with van der Waals surface area (Å²) < 4.78 is 7.72. The highest BCUT2D eigenvalue weighted by Gasteiger charge is 2.26. The lowest BCUT2D eigenvalue weighted by Gasteiger charge is -2.13. The maximum Gasteiger partial charge on any atom is 0.142 e. The lowest BCUT2D eigenvalue weighted by molar-refractivity contribution is 0.277. The van der Waals surface area contributed by atoms with Crippen LogP contribution in [0.25, 0.3) is 20.7 Å². The Hall–Kier alpha value is -2.94. The minimum absolute atomic E-state index is 0.163. The van der Waals surface area contributed by atoms with E-state index in [1.807, 2.05) is 35.9 Å². The normalized spacial score (nSPS) is 12.8. The molecule has 0 saturated carbocycles. The third-order valence-corrected chi connectivity index (χ3v) is 7.27. The number of hydrogen-bond acceptors (Lipinski definition) is 7. The molecule has 3 aromatic heterocycles. The first-order valence-corrected chi connectivity index (χ1v) is 12.6. The second-order valence-corrected chi connectivity index (χ2v) is 9.52. The summed E-state index contributed by atoms with van der Waals surface area (Å²) in [6.07, 6.45) is 11.1. The number of anilines is 2. The zero-order chi connectivity index (χ0) is 23.5. The van der Waals surface area contributed by atoms with Crippen LogP contribution in [0.4, 0.5) is 11.5 Å². The first kappa shape index (κ1) is 22.8. The number of rotatable bonds is 9. The minimum Gasteiger partial charge on any atom is -0.492 e. The van der Waals surface area contributed by atoms with Gasteiger partial charge in [0.15, 0.2) is 0 Å². The molecule has 3 heterocycles. The molecule has 1 aliphatic rings. The summed E-state index contributed by atoms with van der Waals surface area (Å²) in [7, 11) is 0. The van der Waals surface area contributed by atoms with Gasteiger partial charge in [-0.3, -0.25) is 4.68 Å². The summed E-state index contributed by atoms with van der Waals surface area (Å²) in [6, 6.07) is 5.70. The molecule has 0 aliphatic heterocycles. The fraction of sp³-hybridized carbons (Fsp3) is 0.320. The standard InChI is InChI=1S/C25H26ClN5O2S/c1-2-3-4-12-33-21-9-6-16(13-19(21)26)29-24-22-17-7-8-20-18(14-31(30-20)10-5-11-32)23(17)34-25(22)28-15-27-24/h2-3,6,9,13-15,32H,4-5,7-8,10-12H2,1H3,(H,27,28,29)/b3-2-. The molecule has 1 aliphatic carbocycles. The van der Waals surface area contributed by atoms with E-state index >= 15 is 0 Å². The Balaban J connectivity index is 1.43. The number of allylic oxidation sites excluding steroid dienone is 1. The summed E-state index contributed by atoms with van der Waals surface area (Å²) in [5, 5.41) is 18.9. The van der Waals surface area contributed by atoms with Crippen LogP contribution >= 0.6 is 22.9 Å². The summed E-state index contributed by atoms with van der Waals surface area (Å²) >= 11 is 8.15. The van der Waals surface area contributed by atoms with Gasteiger partial charge in [-0.1, -0.05) is 23.8 Å². The average Bonchev–Trinajstić information content (AvgIpc) is 3.43. The number of aryl methyl sites for hydroxylation is 3. The molecule has 1 aromatic carbocycles. The fourth-order valence-corrected chi connectivity index (χ4v) is 5.66. The van der Waals surface area contributed by atoms with Crippen LogP contribution in [0.1, 0.15) is 31.0 Å². The number of benzene rings is 1. The third kappa shape index (κ3) is 4.53. The average molecular weight is 496 g/mol. The molecule has 4 aromatic rings. The summed E-state index contributed by atoms with van der Waals surface area (Å²) in [5.41, 5.74) is 4.37. The molecule has 176 valence electrons. The van der Waals surface area contributed by atoms with Gasteiger partial charge in [-0.15, -0.1) is 11.3 Å². The van der Waals surface area contributed by atoms with Crippen molar-refractivity contribution in [3.8, 4) is 16.2 Å². The van der Waals surface area contributed by atoms with Gasteiger partial charge in [0.1, 0.15) is 22.7 Å². The first-order valence-electron chi connectivity index (χ1n) is 11.4. The predicted octanol–water partition coefficient (Wildman–Crippen LogP) is 5.78. The molecule has 2 N–H and O–H groups in total. The number of nitrogens with one attached hydrogen (secondary N) is 1. The SMILES string of the molecule is C/C=C\CCOc1ccc(Nc2ncnc3sc4c(c23)CCc2nn(CCCO)cc2-4)cc1Cl. The molecule has 7 nitrogen and oxygen atoms in total. The Bertz CT molecular complexity index is 1350. The lowest BCUT2D eigenvalue weighted by atomic mass is 9.95.